The molecule has 1 amide bonds. The molecule has 6 nitrogen and oxygen atoms in total. The monoisotopic (exact) mass is 420 g/mol. The minimum Gasteiger partial charge on any atom is -0.391 e. The second-order valence-electron chi connectivity index (χ2n) is 7.29. The first-order valence-electron chi connectivity index (χ1n) is 9.52. The number of amides is 1. The lowest BCUT2D eigenvalue weighted by atomic mass is 9.91. The summed E-state index contributed by atoms with van der Waals surface area (Å²) in [6.07, 6.45) is 2.62. The Balaban J connectivity index is 1.88. The first-order chi connectivity index (χ1) is 13.7. The fourth-order valence-corrected chi connectivity index (χ4v) is 4.93. The van der Waals surface area contributed by atoms with Gasteiger partial charge < -0.3 is 10.0 Å². The van der Waals surface area contributed by atoms with Crippen LogP contribution in [0.2, 0.25) is 0 Å². The molecule has 1 aliphatic carbocycles. The molecule has 1 fully saturated rings. The largest absolute Gasteiger partial charge is 0.391 e. The Morgan fingerprint density at radius 2 is 1.76 bits per heavy atom. The Kier molecular flexibility index (Phi) is 6.24. The molecule has 3 rings (SSSR count). The third-order valence-corrected chi connectivity index (χ3v) is 7.21. The van der Waals surface area contributed by atoms with E-state index in [0.717, 1.165) is 17.1 Å². The molecule has 1 aliphatic rings. The number of halogens is 1. The summed E-state index contributed by atoms with van der Waals surface area (Å²) < 4.78 is 40.9. The highest BCUT2D eigenvalue weighted by molar-refractivity contribution is 7.92. The predicted octanol–water partition coefficient (Wildman–Crippen LogP) is 3.03. The van der Waals surface area contributed by atoms with Crippen LogP contribution in [0, 0.1) is 5.82 Å². The van der Waals surface area contributed by atoms with E-state index in [1.54, 1.807) is 13.1 Å². The number of nitrogens with zero attached hydrogens (tertiary/aromatic N) is 2. The topological polar surface area (TPSA) is 77.9 Å². The lowest BCUT2D eigenvalue weighted by Crippen LogP contribution is -2.46. The highest BCUT2D eigenvalue weighted by Crippen LogP contribution is 2.27. The molecular formula is C21H25FN2O4S. The summed E-state index contributed by atoms with van der Waals surface area (Å²) in [6.45, 7) is 0. The van der Waals surface area contributed by atoms with Gasteiger partial charge in [-0.1, -0.05) is 31.0 Å². The number of sulfonamides is 1. The van der Waals surface area contributed by atoms with Crippen molar-refractivity contribution in [3.8, 4) is 0 Å². The van der Waals surface area contributed by atoms with Gasteiger partial charge in [0.1, 0.15) is 5.82 Å². The molecule has 0 aromatic heterocycles. The van der Waals surface area contributed by atoms with E-state index in [-0.39, 0.29) is 28.1 Å². The number of rotatable bonds is 5. The van der Waals surface area contributed by atoms with Gasteiger partial charge in [0.2, 0.25) is 0 Å². The molecule has 8 heteroatoms. The highest BCUT2D eigenvalue weighted by Gasteiger charge is 2.31. The van der Waals surface area contributed by atoms with Crippen LogP contribution in [0.1, 0.15) is 36.0 Å². The summed E-state index contributed by atoms with van der Waals surface area (Å²) in [5, 5.41) is 10.2. The lowest BCUT2D eigenvalue weighted by molar-refractivity contribution is 0.0268. The van der Waals surface area contributed by atoms with Crippen molar-refractivity contribution >= 4 is 21.6 Å². The zero-order chi connectivity index (χ0) is 21.2. The van der Waals surface area contributed by atoms with Gasteiger partial charge in [0.05, 0.1) is 22.7 Å². The van der Waals surface area contributed by atoms with Crippen LogP contribution >= 0.6 is 0 Å². The average molecular weight is 421 g/mol. The molecule has 0 saturated heterocycles. The third kappa shape index (κ3) is 4.28. The molecule has 0 radical (unpaired) electrons. The number of anilines is 1. The zero-order valence-electron chi connectivity index (χ0n) is 16.5. The van der Waals surface area contributed by atoms with Gasteiger partial charge in [0, 0.05) is 19.7 Å². The minimum atomic E-state index is -4.06. The van der Waals surface area contributed by atoms with E-state index in [9.17, 15) is 22.7 Å². The van der Waals surface area contributed by atoms with E-state index < -0.39 is 21.9 Å². The Hall–Kier alpha value is -2.45. The number of hydrogen-bond donors (Lipinski definition) is 1. The normalized spacial score (nSPS) is 19.6. The molecule has 2 aromatic rings. The molecular weight excluding hydrogens is 395 g/mol. The van der Waals surface area contributed by atoms with Crippen molar-refractivity contribution < 1.29 is 22.7 Å². The van der Waals surface area contributed by atoms with Crippen molar-refractivity contribution in [2.24, 2.45) is 0 Å². The smallest absolute Gasteiger partial charge is 0.264 e. The number of aliphatic hydroxyl groups excluding tert-OH is 1. The number of likely N-dealkylation sites (N-methyl/N-ethyl adjacent to an activating group) is 1. The molecule has 1 N–H and O–H groups in total. The Morgan fingerprint density at radius 1 is 1.07 bits per heavy atom. The SMILES string of the molecule is CN(C(=O)c1cccc(S(=O)(=O)N(C)c2ccccc2F)c1)[C@H]1CCCC[C@H]1O. The number of hydrogen-bond acceptors (Lipinski definition) is 4. The highest BCUT2D eigenvalue weighted by atomic mass is 32.2. The molecule has 1 saturated carbocycles. The Labute approximate surface area is 170 Å². The maximum absolute atomic E-state index is 14.1. The maximum atomic E-state index is 14.1. The van der Waals surface area contributed by atoms with Gasteiger partial charge in [0.25, 0.3) is 15.9 Å². The van der Waals surface area contributed by atoms with Gasteiger partial charge in [-0.25, -0.2) is 12.8 Å². The molecule has 156 valence electrons. The van der Waals surface area contributed by atoms with Gasteiger partial charge in [0.15, 0.2) is 0 Å². The number of carbonyl (C=O) groups excluding carboxylic acids is 1. The molecule has 0 aliphatic heterocycles. The fraction of sp³-hybridized carbons (Fsp3) is 0.381. The van der Waals surface area contributed by atoms with E-state index in [4.69, 9.17) is 0 Å². The van der Waals surface area contributed by atoms with Gasteiger partial charge in [-0.2, -0.15) is 0 Å². The second-order valence-corrected chi connectivity index (χ2v) is 9.26. The molecule has 0 unspecified atom stereocenters. The summed E-state index contributed by atoms with van der Waals surface area (Å²) >= 11 is 0. The zero-order valence-corrected chi connectivity index (χ0v) is 17.3. The molecule has 0 heterocycles. The number of aliphatic hydroxyl groups is 1. The Bertz CT molecular complexity index is 996. The molecule has 0 spiro atoms. The maximum Gasteiger partial charge on any atom is 0.264 e. The molecule has 2 atom stereocenters. The van der Waals surface area contributed by atoms with Gasteiger partial charge >= 0.3 is 0 Å². The Morgan fingerprint density at radius 3 is 2.45 bits per heavy atom. The van der Waals surface area contributed by atoms with Crippen LogP contribution in [-0.2, 0) is 10.0 Å². The van der Waals surface area contributed by atoms with Crippen LogP contribution in [0.15, 0.2) is 53.4 Å². The lowest BCUT2D eigenvalue weighted by Gasteiger charge is -2.35. The number of para-hydroxylation sites is 1. The summed E-state index contributed by atoms with van der Waals surface area (Å²) in [5.74, 6) is -1.02. The van der Waals surface area contributed by atoms with E-state index in [1.165, 1.54) is 54.4 Å². The number of carbonyl (C=O) groups is 1. The van der Waals surface area contributed by atoms with Crippen LogP contribution in [0.5, 0.6) is 0 Å². The van der Waals surface area contributed by atoms with E-state index in [1.807, 2.05) is 0 Å². The van der Waals surface area contributed by atoms with Crippen LogP contribution in [0.3, 0.4) is 0 Å². The first-order valence-corrected chi connectivity index (χ1v) is 11.0. The van der Waals surface area contributed by atoms with Crippen molar-refractivity contribution in [2.75, 3.05) is 18.4 Å². The summed E-state index contributed by atoms with van der Waals surface area (Å²) in [4.78, 5) is 14.3. The van der Waals surface area contributed by atoms with Crippen molar-refractivity contribution in [1.82, 2.24) is 4.90 Å². The van der Waals surface area contributed by atoms with Crippen molar-refractivity contribution in [1.29, 1.82) is 0 Å². The summed E-state index contributed by atoms with van der Waals surface area (Å²) in [5.41, 5.74) is 0.125. The van der Waals surface area contributed by atoms with E-state index in [2.05, 4.69) is 0 Å². The van der Waals surface area contributed by atoms with Crippen LogP contribution < -0.4 is 4.31 Å². The molecule has 0 bridgehead atoms. The second kappa shape index (κ2) is 8.51. The summed E-state index contributed by atoms with van der Waals surface area (Å²) in [7, 11) is -1.17. The number of benzene rings is 2. The van der Waals surface area contributed by atoms with Crippen LogP contribution in [-0.4, -0.2) is 50.6 Å². The van der Waals surface area contributed by atoms with E-state index in [0.29, 0.717) is 12.8 Å². The van der Waals surface area contributed by atoms with Crippen molar-refractivity contribution in [3.05, 3.63) is 59.9 Å². The van der Waals surface area contributed by atoms with E-state index >= 15 is 0 Å². The van der Waals surface area contributed by atoms with Crippen molar-refractivity contribution in [2.45, 2.75) is 42.7 Å². The summed E-state index contributed by atoms with van der Waals surface area (Å²) in [6, 6.07) is 11.0. The van der Waals surface area contributed by atoms with Crippen LogP contribution in [0.25, 0.3) is 0 Å². The van der Waals surface area contributed by atoms with Crippen LogP contribution in [0.4, 0.5) is 10.1 Å². The van der Waals surface area contributed by atoms with Gasteiger partial charge in [-0.05, 0) is 43.2 Å². The standard InChI is InChI=1S/C21H25FN2O4S/c1-23(19-12-5-6-13-20(19)25)21(26)15-8-7-9-16(14-15)29(27,28)24(2)18-11-4-3-10-17(18)22/h3-4,7-11,14,19-20,25H,5-6,12-13H2,1-2H3/t19-,20+/m0/s1. The van der Waals surface area contributed by atoms with Gasteiger partial charge in [-0.15, -0.1) is 0 Å². The first kappa shape index (κ1) is 21.3. The average Bonchev–Trinajstić information content (AvgIpc) is 2.73. The quantitative estimate of drug-likeness (QED) is 0.807. The molecule has 2 aromatic carbocycles. The minimum absolute atomic E-state index is 0.0772. The predicted molar refractivity (Wildman–Crippen MR) is 109 cm³/mol. The molecule has 29 heavy (non-hydrogen) atoms. The fourth-order valence-electron chi connectivity index (χ4n) is 3.68. The van der Waals surface area contributed by atoms with Gasteiger partial charge in [-0.3, -0.25) is 9.10 Å². The van der Waals surface area contributed by atoms with Crippen molar-refractivity contribution in [3.63, 3.8) is 0 Å². The third-order valence-electron chi connectivity index (χ3n) is 5.44.